The van der Waals surface area contributed by atoms with Gasteiger partial charge in [-0.1, -0.05) is 12.1 Å². The second-order valence-corrected chi connectivity index (χ2v) is 4.86. The van der Waals surface area contributed by atoms with Crippen LogP contribution in [0.1, 0.15) is 5.56 Å². The largest absolute Gasteiger partial charge is 0.491 e. The van der Waals surface area contributed by atoms with Crippen LogP contribution in [0.3, 0.4) is 0 Å². The lowest BCUT2D eigenvalue weighted by molar-refractivity contribution is 0.280. The monoisotopic (exact) mass is 323 g/mol. The summed E-state index contributed by atoms with van der Waals surface area (Å²) in [6, 6.07) is 10.4. The summed E-state index contributed by atoms with van der Waals surface area (Å²) >= 11 is 3.38. The molecule has 2 aromatic rings. The molecule has 0 spiro atoms. The summed E-state index contributed by atoms with van der Waals surface area (Å²) in [6.07, 6.45) is 1.73. The van der Waals surface area contributed by atoms with Gasteiger partial charge < -0.3 is 14.4 Å². The number of benzene rings is 1. The van der Waals surface area contributed by atoms with Crippen molar-refractivity contribution in [2.24, 2.45) is 0 Å². The standard InChI is InChI=1S/C14H14BrNO3/c15-12-9-11(10-17)4-5-13(12)19-8-7-16-6-2-1-3-14(16)18/h1-6,9,17H,7-8,10H2. The van der Waals surface area contributed by atoms with E-state index in [4.69, 9.17) is 9.84 Å². The predicted molar refractivity (Wildman–Crippen MR) is 76.3 cm³/mol. The van der Waals surface area contributed by atoms with Crippen molar-refractivity contribution < 1.29 is 9.84 Å². The van der Waals surface area contributed by atoms with Crippen molar-refractivity contribution in [3.8, 4) is 5.75 Å². The number of halogens is 1. The lowest BCUT2D eigenvalue weighted by Crippen LogP contribution is -2.21. The zero-order valence-corrected chi connectivity index (χ0v) is 11.8. The van der Waals surface area contributed by atoms with E-state index in [2.05, 4.69) is 15.9 Å². The van der Waals surface area contributed by atoms with Gasteiger partial charge in [0.25, 0.3) is 5.56 Å². The number of nitrogens with zero attached hydrogens (tertiary/aromatic N) is 1. The number of ether oxygens (including phenoxy) is 1. The average Bonchev–Trinajstić information content (AvgIpc) is 2.42. The highest BCUT2D eigenvalue weighted by Gasteiger charge is 2.02. The summed E-state index contributed by atoms with van der Waals surface area (Å²) in [7, 11) is 0. The zero-order chi connectivity index (χ0) is 13.7. The van der Waals surface area contributed by atoms with E-state index in [0.717, 1.165) is 10.0 Å². The van der Waals surface area contributed by atoms with E-state index < -0.39 is 0 Å². The van der Waals surface area contributed by atoms with Gasteiger partial charge in [0.05, 0.1) is 17.6 Å². The molecule has 0 saturated carbocycles. The number of aliphatic hydroxyl groups is 1. The molecule has 4 nitrogen and oxygen atoms in total. The quantitative estimate of drug-likeness (QED) is 0.917. The van der Waals surface area contributed by atoms with Crippen molar-refractivity contribution in [1.29, 1.82) is 0 Å². The minimum Gasteiger partial charge on any atom is -0.491 e. The number of pyridine rings is 1. The third-order valence-electron chi connectivity index (χ3n) is 2.67. The molecule has 0 unspecified atom stereocenters. The molecule has 100 valence electrons. The van der Waals surface area contributed by atoms with Crippen LogP contribution in [-0.4, -0.2) is 16.3 Å². The van der Waals surface area contributed by atoms with E-state index in [1.165, 1.54) is 6.07 Å². The molecule has 1 heterocycles. The van der Waals surface area contributed by atoms with E-state index in [-0.39, 0.29) is 12.2 Å². The minimum absolute atomic E-state index is 0.00170. The first-order chi connectivity index (χ1) is 9.20. The molecule has 1 N–H and O–H groups in total. The van der Waals surface area contributed by atoms with Gasteiger partial charge in [0, 0.05) is 12.3 Å². The average molecular weight is 324 g/mol. The number of aromatic nitrogens is 1. The highest BCUT2D eigenvalue weighted by Crippen LogP contribution is 2.25. The maximum Gasteiger partial charge on any atom is 0.250 e. The molecule has 0 bridgehead atoms. The fourth-order valence-electron chi connectivity index (χ4n) is 1.66. The lowest BCUT2D eigenvalue weighted by atomic mass is 10.2. The van der Waals surface area contributed by atoms with E-state index >= 15 is 0 Å². The molecule has 0 aliphatic rings. The molecule has 0 saturated heterocycles. The highest BCUT2D eigenvalue weighted by molar-refractivity contribution is 9.10. The molecular formula is C14H14BrNO3. The lowest BCUT2D eigenvalue weighted by Gasteiger charge is -2.10. The van der Waals surface area contributed by atoms with Crippen LogP contribution in [0.2, 0.25) is 0 Å². The Kier molecular flexibility index (Phi) is 4.76. The van der Waals surface area contributed by atoms with Gasteiger partial charge in [-0.3, -0.25) is 4.79 Å². The molecule has 0 radical (unpaired) electrons. The molecule has 1 aromatic carbocycles. The van der Waals surface area contributed by atoms with E-state index in [9.17, 15) is 4.79 Å². The number of hydrogen-bond acceptors (Lipinski definition) is 3. The van der Waals surface area contributed by atoms with Gasteiger partial charge in [0.2, 0.25) is 0 Å². The van der Waals surface area contributed by atoms with Crippen molar-refractivity contribution in [3.05, 3.63) is 63.0 Å². The Bertz CT molecular complexity index is 610. The molecular weight excluding hydrogens is 310 g/mol. The molecule has 5 heteroatoms. The predicted octanol–water partition coefficient (Wildman–Crippen LogP) is 2.18. The molecule has 0 aliphatic heterocycles. The normalized spacial score (nSPS) is 10.4. The Balaban J connectivity index is 1.96. The third kappa shape index (κ3) is 3.68. The van der Waals surface area contributed by atoms with Crippen LogP contribution in [0.25, 0.3) is 0 Å². The number of aliphatic hydroxyl groups excluding tert-OH is 1. The molecule has 0 amide bonds. The summed E-state index contributed by atoms with van der Waals surface area (Å²) < 4.78 is 7.99. The van der Waals surface area contributed by atoms with Gasteiger partial charge in [-0.05, 0) is 39.7 Å². The fourth-order valence-corrected chi connectivity index (χ4v) is 2.20. The SMILES string of the molecule is O=c1ccccn1CCOc1ccc(CO)cc1Br. The van der Waals surface area contributed by atoms with E-state index in [0.29, 0.717) is 18.9 Å². The Morgan fingerprint density at radius 1 is 1.26 bits per heavy atom. The zero-order valence-electron chi connectivity index (χ0n) is 10.3. The minimum atomic E-state index is -0.0409. The van der Waals surface area contributed by atoms with Crippen molar-refractivity contribution in [1.82, 2.24) is 4.57 Å². The maximum atomic E-state index is 11.5. The first-order valence-electron chi connectivity index (χ1n) is 5.88. The molecule has 1 aromatic heterocycles. The van der Waals surface area contributed by atoms with Gasteiger partial charge >= 0.3 is 0 Å². The van der Waals surface area contributed by atoms with Crippen LogP contribution in [0.15, 0.2) is 51.9 Å². The van der Waals surface area contributed by atoms with Crippen LogP contribution < -0.4 is 10.3 Å². The van der Waals surface area contributed by atoms with Crippen molar-refractivity contribution >= 4 is 15.9 Å². The van der Waals surface area contributed by atoms with Crippen molar-refractivity contribution in [2.45, 2.75) is 13.2 Å². The van der Waals surface area contributed by atoms with Crippen molar-refractivity contribution in [2.75, 3.05) is 6.61 Å². The second kappa shape index (κ2) is 6.54. The topological polar surface area (TPSA) is 51.5 Å². The summed E-state index contributed by atoms with van der Waals surface area (Å²) in [5.41, 5.74) is 0.777. The Morgan fingerprint density at radius 2 is 2.11 bits per heavy atom. The molecule has 2 rings (SSSR count). The summed E-state index contributed by atoms with van der Waals surface area (Å²) in [6.45, 7) is 0.896. The molecule has 0 atom stereocenters. The number of rotatable bonds is 5. The first kappa shape index (κ1) is 13.8. The first-order valence-corrected chi connectivity index (χ1v) is 6.67. The number of hydrogen-bond donors (Lipinski definition) is 1. The van der Waals surface area contributed by atoms with Gasteiger partial charge in [-0.25, -0.2) is 0 Å². The van der Waals surface area contributed by atoms with Gasteiger partial charge in [0.15, 0.2) is 0 Å². The fraction of sp³-hybridized carbons (Fsp3) is 0.214. The Morgan fingerprint density at radius 3 is 2.79 bits per heavy atom. The third-order valence-corrected chi connectivity index (χ3v) is 3.29. The summed E-state index contributed by atoms with van der Waals surface area (Å²) in [4.78, 5) is 11.5. The van der Waals surface area contributed by atoms with Gasteiger partial charge in [-0.2, -0.15) is 0 Å². The molecule has 0 fully saturated rings. The Labute approximate surface area is 119 Å². The Hall–Kier alpha value is -1.59. The van der Waals surface area contributed by atoms with Gasteiger partial charge in [-0.15, -0.1) is 0 Å². The van der Waals surface area contributed by atoms with E-state index in [1.54, 1.807) is 29.0 Å². The molecule has 19 heavy (non-hydrogen) atoms. The summed E-state index contributed by atoms with van der Waals surface area (Å²) in [5.74, 6) is 0.696. The van der Waals surface area contributed by atoms with Crippen molar-refractivity contribution in [3.63, 3.8) is 0 Å². The molecule has 0 aliphatic carbocycles. The second-order valence-electron chi connectivity index (χ2n) is 4.00. The van der Waals surface area contributed by atoms with Gasteiger partial charge in [0.1, 0.15) is 12.4 Å². The van der Waals surface area contributed by atoms with Crippen LogP contribution in [0.4, 0.5) is 0 Å². The smallest absolute Gasteiger partial charge is 0.250 e. The van der Waals surface area contributed by atoms with E-state index in [1.807, 2.05) is 12.1 Å². The van der Waals surface area contributed by atoms with Crippen LogP contribution >= 0.6 is 15.9 Å². The van der Waals surface area contributed by atoms with Crippen LogP contribution in [-0.2, 0) is 13.2 Å². The highest BCUT2D eigenvalue weighted by atomic mass is 79.9. The maximum absolute atomic E-state index is 11.5. The van der Waals surface area contributed by atoms with Crippen LogP contribution in [0, 0.1) is 0 Å². The van der Waals surface area contributed by atoms with Crippen LogP contribution in [0.5, 0.6) is 5.75 Å². The summed E-state index contributed by atoms with van der Waals surface area (Å²) in [5, 5.41) is 9.01.